The number of likely N-dealkylation sites (N-methyl/N-ethyl adjacent to an activating group) is 2. The first-order valence-corrected chi connectivity index (χ1v) is 17.1. The summed E-state index contributed by atoms with van der Waals surface area (Å²) in [6.45, 7) is 15.4. The molecule has 0 spiro atoms. The van der Waals surface area contributed by atoms with Gasteiger partial charge in [0.05, 0.1) is 23.9 Å². The highest BCUT2D eigenvalue weighted by molar-refractivity contribution is 6.00. The van der Waals surface area contributed by atoms with Crippen LogP contribution < -0.4 is 10.6 Å². The number of carbonyl (C=O) groups is 3. The molecule has 3 rings (SSSR count). The van der Waals surface area contributed by atoms with E-state index in [2.05, 4.69) is 29.4 Å². The quantitative estimate of drug-likeness (QED) is 0.269. The molecule has 47 heavy (non-hydrogen) atoms. The number of cyclic esters (lactones) is 1. The fourth-order valence-electron chi connectivity index (χ4n) is 7.62. The van der Waals surface area contributed by atoms with E-state index < -0.39 is 65.7 Å². The number of aliphatic hydroxyl groups excluding tert-OH is 1. The van der Waals surface area contributed by atoms with Crippen LogP contribution in [0.1, 0.15) is 74.7 Å². The zero-order chi connectivity index (χ0) is 35.6. The molecule has 0 saturated carbocycles. The van der Waals surface area contributed by atoms with Crippen LogP contribution in [0, 0.1) is 17.8 Å². The van der Waals surface area contributed by atoms with Crippen molar-refractivity contribution < 1.29 is 43.2 Å². The van der Waals surface area contributed by atoms with Crippen molar-refractivity contribution in [3.8, 4) is 0 Å². The summed E-state index contributed by atoms with van der Waals surface area (Å²) in [5.74, 6) is -3.07. The second kappa shape index (κ2) is 15.8. The van der Waals surface area contributed by atoms with Crippen molar-refractivity contribution in [3.63, 3.8) is 0 Å². The Kier molecular flexibility index (Phi) is 13.3. The molecule has 3 aliphatic heterocycles. The van der Waals surface area contributed by atoms with E-state index in [0.29, 0.717) is 25.8 Å². The van der Waals surface area contributed by atoms with Gasteiger partial charge < -0.3 is 49.2 Å². The molecule has 3 saturated heterocycles. The molecule has 14 atom stereocenters. The van der Waals surface area contributed by atoms with Crippen LogP contribution in [0.25, 0.3) is 0 Å². The molecular formula is C34H62N4O9. The SMILES string of the molecule is CC[C@H]1OC(=O)C(C)C(=O)[C@H](C)[C@@H](O[C@@H]2O[C@H]([C@H](C)N(C)C)CC(N(C)C)[C@H]2O)[C@](C)(OC)C[C@@H](C)CN[C@H](C)[C@H]2NC(=O)O[C@@]21C. The summed E-state index contributed by atoms with van der Waals surface area (Å²) in [6.07, 6.45) is -3.12. The number of nitrogens with zero attached hydrogens (tertiary/aromatic N) is 2. The lowest BCUT2D eigenvalue weighted by atomic mass is 9.78. The smallest absolute Gasteiger partial charge is 0.408 e. The van der Waals surface area contributed by atoms with Gasteiger partial charge in [-0.15, -0.1) is 0 Å². The van der Waals surface area contributed by atoms with Gasteiger partial charge in [-0.3, -0.25) is 9.59 Å². The number of carbonyl (C=O) groups excluding carboxylic acids is 3. The van der Waals surface area contributed by atoms with Gasteiger partial charge >= 0.3 is 12.1 Å². The summed E-state index contributed by atoms with van der Waals surface area (Å²) >= 11 is 0. The minimum absolute atomic E-state index is 0.0238. The zero-order valence-corrected chi connectivity index (χ0v) is 30.9. The first kappa shape index (κ1) is 39.6. The van der Waals surface area contributed by atoms with Crippen LogP contribution >= 0.6 is 0 Å². The lowest BCUT2D eigenvalue weighted by molar-refractivity contribution is -0.302. The molecule has 0 aromatic heterocycles. The standard InChI is InChI=1S/C34H62N4O9/c1-14-25-34(8)28(36-32(42)47-34)21(5)35-17-18(2)16-33(7,43-13)29(19(3)26(39)20(4)30(41)45-25)46-31-27(40)23(38(11)12)15-24(44-31)22(6)37(9)10/h18-25,27-29,31,35,40H,14-17H2,1-13H3,(H,36,42)/t18-,19+,20?,21-,22+,23?,24+,25-,27-,28-,29-,31+,33-,34-/m1/s1. The van der Waals surface area contributed by atoms with E-state index >= 15 is 0 Å². The van der Waals surface area contributed by atoms with Gasteiger partial charge in [0.15, 0.2) is 17.7 Å². The van der Waals surface area contributed by atoms with E-state index in [1.165, 1.54) is 6.92 Å². The van der Waals surface area contributed by atoms with Crippen molar-refractivity contribution >= 4 is 17.8 Å². The number of alkyl carbamates (subject to hydrolysis) is 1. The third kappa shape index (κ3) is 8.48. The number of nitrogens with one attached hydrogen (secondary N) is 2. The molecule has 0 aromatic carbocycles. The summed E-state index contributed by atoms with van der Waals surface area (Å²) in [7, 11) is 9.38. The Bertz CT molecular complexity index is 1090. The molecule has 3 aliphatic rings. The predicted octanol–water partition coefficient (Wildman–Crippen LogP) is 2.18. The average Bonchev–Trinajstić information content (AvgIpc) is 3.33. The van der Waals surface area contributed by atoms with Crippen molar-refractivity contribution in [2.45, 2.75) is 141 Å². The second-order valence-corrected chi connectivity index (χ2v) is 15.0. The highest BCUT2D eigenvalue weighted by atomic mass is 16.7. The van der Waals surface area contributed by atoms with Crippen molar-refractivity contribution in [1.29, 1.82) is 0 Å². The largest absolute Gasteiger partial charge is 0.458 e. The number of esters is 1. The Morgan fingerprint density at radius 1 is 1.09 bits per heavy atom. The van der Waals surface area contributed by atoms with Crippen LogP contribution in [0.5, 0.6) is 0 Å². The topological polar surface area (TPSA) is 148 Å². The Labute approximate surface area is 281 Å². The first-order chi connectivity index (χ1) is 21.8. The molecule has 3 N–H and O–H groups in total. The summed E-state index contributed by atoms with van der Waals surface area (Å²) < 4.78 is 31.1. The molecule has 13 nitrogen and oxygen atoms in total. The summed E-state index contributed by atoms with van der Waals surface area (Å²) in [5.41, 5.74) is -2.18. The third-order valence-electron chi connectivity index (χ3n) is 11.0. The Morgan fingerprint density at radius 3 is 2.28 bits per heavy atom. The molecule has 0 aliphatic carbocycles. The Balaban J connectivity index is 2.05. The molecule has 0 radical (unpaired) electrons. The van der Waals surface area contributed by atoms with Gasteiger partial charge in [-0.25, -0.2) is 4.79 Å². The van der Waals surface area contributed by atoms with Gasteiger partial charge in [-0.05, 0) is 94.5 Å². The van der Waals surface area contributed by atoms with Crippen LogP contribution in [-0.2, 0) is 33.3 Å². The summed E-state index contributed by atoms with van der Waals surface area (Å²) in [4.78, 5) is 44.4. The van der Waals surface area contributed by atoms with E-state index in [-0.39, 0.29) is 35.9 Å². The minimum atomic E-state index is -1.16. The predicted molar refractivity (Wildman–Crippen MR) is 177 cm³/mol. The van der Waals surface area contributed by atoms with Crippen LogP contribution in [0.3, 0.4) is 0 Å². The maximum atomic E-state index is 14.2. The Morgan fingerprint density at radius 2 is 1.72 bits per heavy atom. The minimum Gasteiger partial charge on any atom is -0.458 e. The third-order valence-corrected chi connectivity index (χ3v) is 11.0. The van der Waals surface area contributed by atoms with Crippen LogP contribution in [0.2, 0.25) is 0 Å². The monoisotopic (exact) mass is 670 g/mol. The van der Waals surface area contributed by atoms with Gasteiger partial charge in [0.25, 0.3) is 0 Å². The number of methoxy groups -OCH3 is 1. The fraction of sp³-hybridized carbons (Fsp3) is 0.912. The van der Waals surface area contributed by atoms with Crippen LogP contribution in [-0.4, -0.2) is 141 Å². The summed E-state index contributed by atoms with van der Waals surface area (Å²) in [6, 6.07) is -0.959. The lowest BCUT2D eigenvalue weighted by Crippen LogP contribution is -2.61. The van der Waals surface area contributed by atoms with Crippen molar-refractivity contribution in [2.24, 2.45) is 17.8 Å². The molecule has 3 heterocycles. The molecule has 2 unspecified atom stereocenters. The van der Waals surface area contributed by atoms with E-state index in [0.717, 1.165) is 0 Å². The van der Waals surface area contributed by atoms with Crippen molar-refractivity contribution in [2.75, 3.05) is 41.8 Å². The molecule has 1 amide bonds. The van der Waals surface area contributed by atoms with Crippen LogP contribution in [0.4, 0.5) is 4.79 Å². The normalized spacial score (nSPS) is 43.4. The number of fused-ring (bicyclic) bond motifs is 1. The number of Topliss-reactive ketones (excluding diaryl/α,β-unsaturated/α-hetero) is 1. The lowest BCUT2D eigenvalue weighted by Gasteiger charge is -2.48. The number of amides is 1. The number of ketones is 1. The Hall–Kier alpha value is -1.87. The zero-order valence-electron chi connectivity index (χ0n) is 30.9. The molecular weight excluding hydrogens is 608 g/mol. The van der Waals surface area contributed by atoms with Gasteiger partial charge in [0, 0.05) is 31.2 Å². The first-order valence-electron chi connectivity index (χ1n) is 17.1. The molecule has 3 fully saturated rings. The van der Waals surface area contributed by atoms with Gasteiger partial charge in [0.2, 0.25) is 0 Å². The highest BCUT2D eigenvalue weighted by Crippen LogP contribution is 2.38. The van der Waals surface area contributed by atoms with Crippen molar-refractivity contribution in [1.82, 2.24) is 20.4 Å². The number of ether oxygens (including phenoxy) is 5. The summed E-state index contributed by atoms with van der Waals surface area (Å²) in [5, 5.41) is 18.0. The molecule has 0 aromatic rings. The van der Waals surface area contributed by atoms with E-state index in [1.54, 1.807) is 21.0 Å². The number of rotatable bonds is 7. The maximum Gasteiger partial charge on any atom is 0.408 e. The molecule has 272 valence electrons. The van der Waals surface area contributed by atoms with Crippen molar-refractivity contribution in [3.05, 3.63) is 0 Å². The van der Waals surface area contributed by atoms with Gasteiger partial charge in [-0.1, -0.05) is 20.8 Å². The van der Waals surface area contributed by atoms with Crippen LogP contribution in [0.15, 0.2) is 0 Å². The van der Waals surface area contributed by atoms with Gasteiger partial charge in [-0.2, -0.15) is 0 Å². The van der Waals surface area contributed by atoms with E-state index in [9.17, 15) is 19.5 Å². The number of hydrogen-bond donors (Lipinski definition) is 3. The highest BCUT2D eigenvalue weighted by Gasteiger charge is 2.55. The fourth-order valence-corrected chi connectivity index (χ4v) is 7.62. The molecule has 0 bridgehead atoms. The van der Waals surface area contributed by atoms with E-state index in [4.69, 9.17) is 23.7 Å². The second-order valence-electron chi connectivity index (χ2n) is 15.0. The maximum absolute atomic E-state index is 14.2. The van der Waals surface area contributed by atoms with E-state index in [1.807, 2.05) is 53.9 Å². The number of hydrogen-bond acceptors (Lipinski definition) is 12. The average molecular weight is 671 g/mol. The molecule has 13 heteroatoms. The van der Waals surface area contributed by atoms with Gasteiger partial charge in [0.1, 0.15) is 18.1 Å². The number of aliphatic hydroxyl groups is 1.